The summed E-state index contributed by atoms with van der Waals surface area (Å²) in [6, 6.07) is 7.88. The van der Waals surface area contributed by atoms with Crippen LogP contribution in [0.15, 0.2) is 24.3 Å². The highest BCUT2D eigenvalue weighted by atomic mass is 35.5. The molecule has 90 valence electrons. The van der Waals surface area contributed by atoms with Crippen LogP contribution in [0.4, 0.5) is 0 Å². The van der Waals surface area contributed by atoms with Gasteiger partial charge in [-0.2, -0.15) is 0 Å². The second-order valence-electron chi connectivity index (χ2n) is 4.05. The van der Waals surface area contributed by atoms with E-state index in [1.165, 1.54) is 0 Å². The summed E-state index contributed by atoms with van der Waals surface area (Å²) in [6.07, 6.45) is 0.770. The zero-order valence-corrected chi connectivity index (χ0v) is 10.8. The molecule has 2 aromatic rings. The van der Waals surface area contributed by atoms with Crippen LogP contribution < -0.4 is 5.32 Å². The number of benzene rings is 1. The van der Waals surface area contributed by atoms with Gasteiger partial charge in [-0.1, -0.05) is 29.8 Å². The summed E-state index contributed by atoms with van der Waals surface area (Å²) in [7, 11) is 1.91. The number of nitrogens with one attached hydrogen (secondary N) is 2. The first-order chi connectivity index (χ1) is 8.20. The van der Waals surface area contributed by atoms with E-state index >= 15 is 0 Å². The van der Waals surface area contributed by atoms with Gasteiger partial charge in [-0.25, -0.2) is 4.98 Å². The van der Waals surface area contributed by atoms with Gasteiger partial charge in [0, 0.05) is 17.1 Å². The minimum Gasteiger partial charge on any atom is -0.345 e. The van der Waals surface area contributed by atoms with Crippen LogP contribution >= 0.6 is 11.6 Å². The number of hydrogen-bond donors (Lipinski definition) is 2. The quantitative estimate of drug-likeness (QED) is 0.875. The highest BCUT2D eigenvalue weighted by Gasteiger charge is 2.08. The van der Waals surface area contributed by atoms with Gasteiger partial charge in [0.05, 0.1) is 12.2 Å². The second kappa shape index (κ2) is 5.34. The topological polar surface area (TPSA) is 40.7 Å². The van der Waals surface area contributed by atoms with Gasteiger partial charge in [-0.15, -0.1) is 0 Å². The van der Waals surface area contributed by atoms with E-state index in [9.17, 15) is 0 Å². The van der Waals surface area contributed by atoms with Gasteiger partial charge in [0.1, 0.15) is 5.82 Å². The fourth-order valence-electron chi connectivity index (χ4n) is 1.81. The number of halogens is 1. The summed E-state index contributed by atoms with van der Waals surface area (Å²) in [5.41, 5.74) is 3.28. The Morgan fingerprint density at radius 3 is 2.82 bits per heavy atom. The molecule has 2 rings (SSSR count). The summed E-state index contributed by atoms with van der Waals surface area (Å²) in [4.78, 5) is 7.83. The number of aryl methyl sites for hydroxylation is 1. The van der Waals surface area contributed by atoms with Crippen LogP contribution in [0, 0.1) is 6.92 Å². The molecule has 0 unspecified atom stereocenters. The SMILES string of the molecule is CNCc1nc(Cc2ccccc2Cl)c(C)[nH]1. The highest BCUT2D eigenvalue weighted by Crippen LogP contribution is 2.19. The molecule has 0 fully saturated rings. The van der Waals surface area contributed by atoms with Crippen molar-refractivity contribution in [2.24, 2.45) is 0 Å². The van der Waals surface area contributed by atoms with Crippen molar-refractivity contribution in [2.75, 3.05) is 7.05 Å². The van der Waals surface area contributed by atoms with E-state index in [2.05, 4.69) is 15.3 Å². The Balaban J connectivity index is 2.21. The second-order valence-corrected chi connectivity index (χ2v) is 4.46. The van der Waals surface area contributed by atoms with Crippen molar-refractivity contribution in [1.82, 2.24) is 15.3 Å². The van der Waals surface area contributed by atoms with Crippen LogP contribution in [-0.4, -0.2) is 17.0 Å². The third-order valence-corrected chi connectivity index (χ3v) is 3.06. The molecular formula is C13H16ClN3. The maximum absolute atomic E-state index is 6.14. The predicted molar refractivity (Wildman–Crippen MR) is 70.3 cm³/mol. The zero-order chi connectivity index (χ0) is 12.3. The Bertz CT molecular complexity index is 505. The van der Waals surface area contributed by atoms with Crippen molar-refractivity contribution in [2.45, 2.75) is 19.9 Å². The maximum Gasteiger partial charge on any atom is 0.120 e. The Labute approximate surface area is 106 Å². The molecule has 0 spiro atoms. The average Bonchev–Trinajstić information content (AvgIpc) is 2.63. The van der Waals surface area contributed by atoms with Gasteiger partial charge >= 0.3 is 0 Å². The van der Waals surface area contributed by atoms with Crippen LogP contribution in [0.1, 0.15) is 22.8 Å². The van der Waals surface area contributed by atoms with E-state index in [4.69, 9.17) is 11.6 Å². The first-order valence-corrected chi connectivity index (χ1v) is 6.01. The van der Waals surface area contributed by atoms with Crippen LogP contribution in [-0.2, 0) is 13.0 Å². The molecule has 0 bridgehead atoms. The highest BCUT2D eigenvalue weighted by molar-refractivity contribution is 6.31. The lowest BCUT2D eigenvalue weighted by Gasteiger charge is -2.02. The Morgan fingerprint density at radius 2 is 2.12 bits per heavy atom. The lowest BCUT2D eigenvalue weighted by Crippen LogP contribution is -2.06. The molecule has 17 heavy (non-hydrogen) atoms. The smallest absolute Gasteiger partial charge is 0.120 e. The van der Waals surface area contributed by atoms with Gasteiger partial charge in [-0.05, 0) is 25.6 Å². The van der Waals surface area contributed by atoms with Gasteiger partial charge in [0.2, 0.25) is 0 Å². The number of hydrogen-bond acceptors (Lipinski definition) is 2. The molecule has 1 heterocycles. The molecule has 0 atom stereocenters. The van der Waals surface area contributed by atoms with E-state index < -0.39 is 0 Å². The number of imidazole rings is 1. The summed E-state index contributed by atoms with van der Waals surface area (Å²) in [5, 5.41) is 3.88. The number of H-pyrrole nitrogens is 1. The van der Waals surface area contributed by atoms with E-state index in [0.29, 0.717) is 0 Å². The van der Waals surface area contributed by atoms with Gasteiger partial charge < -0.3 is 10.3 Å². The normalized spacial score (nSPS) is 10.8. The third-order valence-electron chi connectivity index (χ3n) is 2.69. The van der Waals surface area contributed by atoms with Crippen molar-refractivity contribution >= 4 is 11.6 Å². The predicted octanol–water partition coefficient (Wildman–Crippen LogP) is 2.68. The fraction of sp³-hybridized carbons (Fsp3) is 0.308. The zero-order valence-electron chi connectivity index (χ0n) is 10.0. The van der Waals surface area contributed by atoms with Crippen LogP contribution in [0.25, 0.3) is 0 Å². The summed E-state index contributed by atoms with van der Waals surface area (Å²) >= 11 is 6.14. The van der Waals surface area contributed by atoms with Crippen LogP contribution in [0.2, 0.25) is 5.02 Å². The lowest BCUT2D eigenvalue weighted by molar-refractivity contribution is 0.768. The largest absolute Gasteiger partial charge is 0.345 e. The van der Waals surface area contributed by atoms with E-state index in [1.807, 2.05) is 38.2 Å². The Morgan fingerprint density at radius 1 is 1.35 bits per heavy atom. The Kier molecular flexibility index (Phi) is 3.82. The third kappa shape index (κ3) is 2.87. The minimum absolute atomic E-state index is 0.753. The molecule has 0 amide bonds. The van der Waals surface area contributed by atoms with Crippen LogP contribution in [0.5, 0.6) is 0 Å². The van der Waals surface area contributed by atoms with E-state index in [0.717, 1.165) is 40.8 Å². The maximum atomic E-state index is 6.14. The summed E-state index contributed by atoms with van der Waals surface area (Å²) < 4.78 is 0. The average molecular weight is 250 g/mol. The number of rotatable bonds is 4. The van der Waals surface area contributed by atoms with Gasteiger partial charge in [0.25, 0.3) is 0 Å². The first-order valence-electron chi connectivity index (χ1n) is 5.63. The van der Waals surface area contributed by atoms with Crippen molar-refractivity contribution in [3.63, 3.8) is 0 Å². The fourth-order valence-corrected chi connectivity index (χ4v) is 2.01. The molecule has 0 aliphatic heterocycles. The van der Waals surface area contributed by atoms with Crippen LogP contribution in [0.3, 0.4) is 0 Å². The van der Waals surface area contributed by atoms with Gasteiger partial charge in [-0.3, -0.25) is 0 Å². The standard InChI is InChI=1S/C13H16ClN3/c1-9-12(17-13(16-9)8-15-2)7-10-5-3-4-6-11(10)14/h3-6,15H,7-8H2,1-2H3,(H,16,17). The molecule has 0 radical (unpaired) electrons. The Hall–Kier alpha value is -1.32. The summed E-state index contributed by atoms with van der Waals surface area (Å²) in [6.45, 7) is 2.79. The number of nitrogens with zero attached hydrogens (tertiary/aromatic N) is 1. The molecule has 0 saturated heterocycles. The molecule has 0 aliphatic rings. The number of aromatic amines is 1. The molecule has 1 aromatic carbocycles. The van der Waals surface area contributed by atoms with E-state index in [-0.39, 0.29) is 0 Å². The van der Waals surface area contributed by atoms with Crippen molar-refractivity contribution < 1.29 is 0 Å². The molecule has 2 N–H and O–H groups in total. The number of aromatic nitrogens is 2. The van der Waals surface area contributed by atoms with E-state index in [1.54, 1.807) is 0 Å². The van der Waals surface area contributed by atoms with Gasteiger partial charge in [0.15, 0.2) is 0 Å². The van der Waals surface area contributed by atoms with Crippen molar-refractivity contribution in [3.8, 4) is 0 Å². The summed E-state index contributed by atoms with van der Waals surface area (Å²) in [5.74, 6) is 0.965. The molecule has 0 aliphatic carbocycles. The minimum atomic E-state index is 0.753. The first kappa shape index (κ1) is 12.1. The molecular weight excluding hydrogens is 234 g/mol. The lowest BCUT2D eigenvalue weighted by atomic mass is 10.1. The van der Waals surface area contributed by atoms with Crippen molar-refractivity contribution in [1.29, 1.82) is 0 Å². The molecule has 1 aromatic heterocycles. The molecule has 3 nitrogen and oxygen atoms in total. The molecule has 0 saturated carbocycles. The monoisotopic (exact) mass is 249 g/mol. The molecule has 4 heteroatoms. The van der Waals surface area contributed by atoms with Crippen molar-refractivity contribution in [3.05, 3.63) is 52.1 Å².